The zero-order valence-electron chi connectivity index (χ0n) is 8.50. The first-order chi connectivity index (χ1) is 6.93. The fraction of sp³-hybridized carbons (Fsp3) is 0.818. The first-order valence-electron chi connectivity index (χ1n) is 5.84. The Bertz CT molecular complexity index is 229. The van der Waals surface area contributed by atoms with Crippen molar-refractivity contribution >= 4 is 0 Å². The van der Waals surface area contributed by atoms with Crippen molar-refractivity contribution in [2.45, 2.75) is 43.4 Å². The van der Waals surface area contributed by atoms with E-state index in [1.807, 2.05) is 0 Å². The molecule has 0 radical (unpaired) electrons. The van der Waals surface area contributed by atoms with Crippen LogP contribution in [0.3, 0.4) is 0 Å². The van der Waals surface area contributed by atoms with Crippen LogP contribution in [-0.4, -0.2) is 37.3 Å². The second-order valence-electron chi connectivity index (χ2n) is 4.66. The molecular weight excluding hydrogens is 174 g/mol. The summed E-state index contributed by atoms with van der Waals surface area (Å²) in [7, 11) is 0. The van der Waals surface area contributed by atoms with Gasteiger partial charge in [0.05, 0.1) is 0 Å². The fourth-order valence-electron chi connectivity index (χ4n) is 2.71. The summed E-state index contributed by atoms with van der Waals surface area (Å²) in [6.45, 7) is 2.39. The predicted octanol–water partition coefficient (Wildman–Crippen LogP) is -0.00310. The standard InChI is InChI=1S/C11H19N3/c1-2-8(12-6-1)10-3-4-11(14-10)9-5-7-13-9/h3-4,8-14H,1-2,5-7H2. The van der Waals surface area contributed by atoms with Crippen molar-refractivity contribution in [2.24, 2.45) is 0 Å². The van der Waals surface area contributed by atoms with Crippen molar-refractivity contribution in [3.05, 3.63) is 12.2 Å². The summed E-state index contributed by atoms with van der Waals surface area (Å²) in [5, 5.41) is 10.7. The number of nitrogens with one attached hydrogen (secondary N) is 3. The predicted molar refractivity (Wildman–Crippen MR) is 57.3 cm³/mol. The summed E-state index contributed by atoms with van der Waals surface area (Å²) < 4.78 is 0. The minimum absolute atomic E-state index is 0.574. The first kappa shape index (κ1) is 8.89. The molecule has 0 bridgehead atoms. The Kier molecular flexibility index (Phi) is 2.32. The molecular formula is C11H19N3. The number of hydrogen-bond donors (Lipinski definition) is 3. The molecule has 0 saturated carbocycles. The lowest BCUT2D eigenvalue weighted by molar-refractivity contribution is 0.303. The molecule has 0 amide bonds. The molecule has 3 heteroatoms. The van der Waals surface area contributed by atoms with E-state index in [9.17, 15) is 0 Å². The van der Waals surface area contributed by atoms with Crippen molar-refractivity contribution < 1.29 is 0 Å². The van der Waals surface area contributed by atoms with Crippen LogP contribution in [0.2, 0.25) is 0 Å². The zero-order valence-corrected chi connectivity index (χ0v) is 8.50. The molecule has 2 saturated heterocycles. The Balaban J connectivity index is 1.56. The lowest BCUT2D eigenvalue weighted by Crippen LogP contribution is -2.56. The topological polar surface area (TPSA) is 36.1 Å². The molecule has 4 unspecified atom stereocenters. The van der Waals surface area contributed by atoms with Crippen molar-refractivity contribution in [1.29, 1.82) is 0 Å². The monoisotopic (exact) mass is 193 g/mol. The summed E-state index contributed by atoms with van der Waals surface area (Å²) in [5.74, 6) is 0. The molecule has 3 rings (SSSR count). The smallest absolute Gasteiger partial charge is 0.0411 e. The Morgan fingerprint density at radius 3 is 2.07 bits per heavy atom. The number of rotatable bonds is 2. The van der Waals surface area contributed by atoms with Crippen LogP contribution >= 0.6 is 0 Å². The van der Waals surface area contributed by atoms with Crippen LogP contribution in [0.15, 0.2) is 12.2 Å². The minimum Gasteiger partial charge on any atom is -0.312 e. The van der Waals surface area contributed by atoms with Gasteiger partial charge in [-0.1, -0.05) is 12.2 Å². The molecule has 0 aromatic carbocycles. The summed E-state index contributed by atoms with van der Waals surface area (Å²) >= 11 is 0. The molecule has 4 atom stereocenters. The van der Waals surface area contributed by atoms with Gasteiger partial charge >= 0.3 is 0 Å². The van der Waals surface area contributed by atoms with Gasteiger partial charge in [0, 0.05) is 24.2 Å². The third-order valence-corrected chi connectivity index (χ3v) is 3.74. The molecule has 3 heterocycles. The molecule has 0 aromatic rings. The highest BCUT2D eigenvalue weighted by atomic mass is 15.1. The highest BCUT2D eigenvalue weighted by Gasteiger charge is 2.33. The maximum Gasteiger partial charge on any atom is 0.0411 e. The van der Waals surface area contributed by atoms with E-state index in [2.05, 4.69) is 28.1 Å². The quantitative estimate of drug-likeness (QED) is 0.540. The Morgan fingerprint density at radius 2 is 1.57 bits per heavy atom. The van der Waals surface area contributed by atoms with Crippen LogP contribution in [-0.2, 0) is 0 Å². The van der Waals surface area contributed by atoms with E-state index in [1.54, 1.807) is 0 Å². The van der Waals surface area contributed by atoms with Crippen LogP contribution in [0.5, 0.6) is 0 Å². The summed E-state index contributed by atoms with van der Waals surface area (Å²) in [6, 6.07) is 2.52. The van der Waals surface area contributed by atoms with Gasteiger partial charge in [0.2, 0.25) is 0 Å². The van der Waals surface area contributed by atoms with E-state index < -0.39 is 0 Å². The van der Waals surface area contributed by atoms with Crippen LogP contribution in [0.25, 0.3) is 0 Å². The molecule has 0 spiro atoms. The van der Waals surface area contributed by atoms with E-state index in [0.717, 1.165) is 0 Å². The molecule has 0 aromatic heterocycles. The van der Waals surface area contributed by atoms with Gasteiger partial charge in [-0.15, -0.1) is 0 Å². The van der Waals surface area contributed by atoms with Crippen molar-refractivity contribution in [2.75, 3.05) is 13.1 Å². The lowest BCUT2D eigenvalue weighted by Gasteiger charge is -2.33. The summed E-state index contributed by atoms with van der Waals surface area (Å²) in [5.41, 5.74) is 0. The van der Waals surface area contributed by atoms with E-state index in [4.69, 9.17) is 0 Å². The van der Waals surface area contributed by atoms with E-state index in [0.29, 0.717) is 24.2 Å². The highest BCUT2D eigenvalue weighted by Crippen LogP contribution is 2.19. The minimum atomic E-state index is 0.574. The molecule has 78 valence electrons. The van der Waals surface area contributed by atoms with Gasteiger partial charge in [-0.3, -0.25) is 0 Å². The van der Waals surface area contributed by atoms with E-state index >= 15 is 0 Å². The average molecular weight is 193 g/mol. The van der Waals surface area contributed by atoms with Gasteiger partial charge in [0.1, 0.15) is 0 Å². The SMILES string of the molecule is C1=CC(C2CCN2)NC1C1CCCN1. The molecule has 3 aliphatic heterocycles. The van der Waals surface area contributed by atoms with Gasteiger partial charge in [0.15, 0.2) is 0 Å². The van der Waals surface area contributed by atoms with E-state index in [-0.39, 0.29) is 0 Å². The maximum absolute atomic E-state index is 3.70. The second kappa shape index (κ2) is 3.65. The number of hydrogen-bond acceptors (Lipinski definition) is 3. The van der Waals surface area contributed by atoms with E-state index in [1.165, 1.54) is 32.4 Å². The van der Waals surface area contributed by atoms with Crippen LogP contribution < -0.4 is 16.0 Å². The molecule has 2 fully saturated rings. The second-order valence-corrected chi connectivity index (χ2v) is 4.66. The highest BCUT2D eigenvalue weighted by molar-refractivity contribution is 5.16. The summed E-state index contributed by atoms with van der Waals surface area (Å²) in [6.07, 6.45) is 8.69. The Labute approximate surface area is 85.3 Å². The molecule has 0 aliphatic carbocycles. The third-order valence-electron chi connectivity index (χ3n) is 3.74. The van der Waals surface area contributed by atoms with Crippen molar-refractivity contribution in [1.82, 2.24) is 16.0 Å². The zero-order chi connectivity index (χ0) is 9.38. The third kappa shape index (κ3) is 1.49. The summed E-state index contributed by atoms with van der Waals surface area (Å²) in [4.78, 5) is 0. The van der Waals surface area contributed by atoms with Crippen molar-refractivity contribution in [3.63, 3.8) is 0 Å². The van der Waals surface area contributed by atoms with Gasteiger partial charge in [-0.25, -0.2) is 0 Å². The average Bonchev–Trinajstić information content (AvgIpc) is 2.65. The van der Waals surface area contributed by atoms with Crippen LogP contribution in [0.1, 0.15) is 19.3 Å². The Hall–Kier alpha value is -0.380. The van der Waals surface area contributed by atoms with Gasteiger partial charge < -0.3 is 16.0 Å². The molecule has 3 aliphatic rings. The van der Waals surface area contributed by atoms with Gasteiger partial charge in [-0.2, -0.15) is 0 Å². The molecule has 14 heavy (non-hydrogen) atoms. The lowest BCUT2D eigenvalue weighted by atomic mass is 9.99. The van der Waals surface area contributed by atoms with Gasteiger partial charge in [0.25, 0.3) is 0 Å². The molecule has 3 nitrogen and oxygen atoms in total. The van der Waals surface area contributed by atoms with Crippen molar-refractivity contribution in [3.8, 4) is 0 Å². The first-order valence-corrected chi connectivity index (χ1v) is 5.84. The Morgan fingerprint density at radius 1 is 0.857 bits per heavy atom. The largest absolute Gasteiger partial charge is 0.312 e. The van der Waals surface area contributed by atoms with Crippen LogP contribution in [0.4, 0.5) is 0 Å². The van der Waals surface area contributed by atoms with Crippen LogP contribution in [0, 0.1) is 0 Å². The molecule has 3 N–H and O–H groups in total. The normalized spacial score (nSPS) is 46.9. The maximum atomic E-state index is 3.70. The fourth-order valence-corrected chi connectivity index (χ4v) is 2.71. The van der Waals surface area contributed by atoms with Gasteiger partial charge in [-0.05, 0) is 32.4 Å².